The van der Waals surface area contributed by atoms with Gasteiger partial charge in [-0.3, -0.25) is 9.78 Å². The van der Waals surface area contributed by atoms with Crippen LogP contribution >= 0.6 is 0 Å². The van der Waals surface area contributed by atoms with Crippen molar-refractivity contribution in [2.24, 2.45) is 0 Å². The number of likely N-dealkylation sites (N-methyl/N-ethyl adjacent to an activating group) is 1. The highest BCUT2D eigenvalue weighted by molar-refractivity contribution is 5.92. The number of hydrogen-bond donors (Lipinski definition) is 1. The minimum Gasteiger partial charge on any atom is -0.349 e. The van der Waals surface area contributed by atoms with Crippen LogP contribution in [0.3, 0.4) is 0 Å². The zero-order chi connectivity index (χ0) is 15.4. The lowest BCUT2D eigenvalue weighted by atomic mass is 10.2. The monoisotopic (exact) mass is 296 g/mol. The average molecular weight is 296 g/mol. The van der Waals surface area contributed by atoms with Gasteiger partial charge in [-0.1, -0.05) is 6.07 Å². The van der Waals surface area contributed by atoms with Gasteiger partial charge in [-0.15, -0.1) is 0 Å². The summed E-state index contributed by atoms with van der Waals surface area (Å²) >= 11 is 0. The summed E-state index contributed by atoms with van der Waals surface area (Å²) in [5.41, 5.74) is 2.12. The molecule has 0 saturated carbocycles. The van der Waals surface area contributed by atoms with E-state index in [0.717, 1.165) is 24.2 Å². The molecule has 1 N–H and O–H groups in total. The van der Waals surface area contributed by atoms with Crippen LogP contribution in [0.4, 0.5) is 0 Å². The molecular weight excluding hydrogens is 276 g/mol. The molecule has 114 valence electrons. The molecule has 1 atom stereocenters. The lowest BCUT2D eigenvalue weighted by Gasteiger charge is -2.19. The van der Waals surface area contributed by atoms with Gasteiger partial charge in [0.15, 0.2) is 0 Å². The first-order valence-electron chi connectivity index (χ1n) is 7.60. The van der Waals surface area contributed by atoms with E-state index >= 15 is 0 Å². The van der Waals surface area contributed by atoms with Gasteiger partial charge in [-0.25, -0.2) is 4.98 Å². The number of nitrogens with one attached hydrogen (secondary N) is 1. The summed E-state index contributed by atoms with van der Waals surface area (Å²) in [6.07, 6.45) is 5.81. The first-order valence-corrected chi connectivity index (χ1v) is 7.60. The smallest absolute Gasteiger partial charge is 0.269 e. The lowest BCUT2D eigenvalue weighted by Crippen LogP contribution is -2.38. The molecule has 2 aromatic rings. The number of rotatable bonds is 4. The molecule has 1 saturated heterocycles. The molecule has 5 nitrogen and oxygen atoms in total. The Morgan fingerprint density at radius 3 is 3.00 bits per heavy atom. The van der Waals surface area contributed by atoms with Gasteiger partial charge >= 0.3 is 0 Å². The Kier molecular flexibility index (Phi) is 4.44. The zero-order valence-corrected chi connectivity index (χ0v) is 12.7. The van der Waals surface area contributed by atoms with E-state index in [-0.39, 0.29) is 5.91 Å². The summed E-state index contributed by atoms with van der Waals surface area (Å²) in [5.74, 6) is -0.119. The van der Waals surface area contributed by atoms with Gasteiger partial charge in [0.05, 0.1) is 5.69 Å². The molecular formula is C17H20N4O. The van der Waals surface area contributed by atoms with Crippen LogP contribution in [0.15, 0.2) is 42.7 Å². The average Bonchev–Trinajstić information content (AvgIpc) is 2.99. The maximum Gasteiger partial charge on any atom is 0.269 e. The fourth-order valence-corrected chi connectivity index (χ4v) is 2.77. The van der Waals surface area contributed by atoms with Crippen molar-refractivity contribution in [3.05, 3.63) is 48.4 Å². The lowest BCUT2D eigenvalue weighted by molar-refractivity contribution is 0.0939. The predicted molar refractivity (Wildman–Crippen MR) is 85.5 cm³/mol. The fourth-order valence-electron chi connectivity index (χ4n) is 2.77. The molecule has 3 rings (SSSR count). The second-order valence-electron chi connectivity index (χ2n) is 5.64. The molecule has 1 aliphatic rings. The highest BCUT2D eigenvalue weighted by atomic mass is 16.1. The molecule has 1 amide bonds. The highest BCUT2D eigenvalue weighted by Crippen LogP contribution is 2.16. The van der Waals surface area contributed by atoms with Crippen molar-refractivity contribution < 1.29 is 4.79 Å². The van der Waals surface area contributed by atoms with E-state index in [0.29, 0.717) is 18.3 Å². The summed E-state index contributed by atoms with van der Waals surface area (Å²) in [6.45, 7) is 1.78. The second kappa shape index (κ2) is 6.66. The molecule has 0 aromatic carbocycles. The van der Waals surface area contributed by atoms with Crippen molar-refractivity contribution in [1.29, 1.82) is 0 Å². The van der Waals surface area contributed by atoms with E-state index in [4.69, 9.17) is 0 Å². The number of pyridine rings is 2. The number of carbonyl (C=O) groups excluding carboxylic acids is 1. The van der Waals surface area contributed by atoms with Crippen LogP contribution in [0.1, 0.15) is 23.3 Å². The summed E-state index contributed by atoms with van der Waals surface area (Å²) in [7, 11) is 2.10. The van der Waals surface area contributed by atoms with Gasteiger partial charge in [0.1, 0.15) is 5.69 Å². The third-order valence-corrected chi connectivity index (χ3v) is 4.11. The third-order valence-electron chi connectivity index (χ3n) is 4.11. The van der Waals surface area contributed by atoms with Crippen molar-refractivity contribution in [2.45, 2.75) is 18.9 Å². The van der Waals surface area contributed by atoms with Crippen LogP contribution in [0, 0.1) is 0 Å². The van der Waals surface area contributed by atoms with E-state index in [2.05, 4.69) is 27.2 Å². The van der Waals surface area contributed by atoms with Crippen molar-refractivity contribution in [2.75, 3.05) is 20.1 Å². The first kappa shape index (κ1) is 14.7. The third kappa shape index (κ3) is 3.31. The van der Waals surface area contributed by atoms with Crippen molar-refractivity contribution in [1.82, 2.24) is 20.2 Å². The summed E-state index contributed by atoms with van der Waals surface area (Å²) in [4.78, 5) is 23.1. The van der Waals surface area contributed by atoms with Gasteiger partial charge in [-0.2, -0.15) is 0 Å². The molecule has 5 heteroatoms. The van der Waals surface area contributed by atoms with Crippen LogP contribution in [-0.4, -0.2) is 47.0 Å². The number of carbonyl (C=O) groups is 1. The quantitative estimate of drug-likeness (QED) is 0.937. The zero-order valence-electron chi connectivity index (χ0n) is 12.7. The second-order valence-corrected chi connectivity index (χ2v) is 5.64. The molecule has 0 bridgehead atoms. The SMILES string of the molecule is CN1CCC[C@@H]1CNC(=O)c1cccc(-c2cccnc2)n1. The molecule has 0 aliphatic carbocycles. The van der Waals surface area contributed by atoms with Gasteiger partial charge < -0.3 is 10.2 Å². The Hall–Kier alpha value is -2.27. The number of hydrogen-bond acceptors (Lipinski definition) is 4. The summed E-state index contributed by atoms with van der Waals surface area (Å²) in [5, 5.41) is 2.99. The minimum absolute atomic E-state index is 0.119. The fraction of sp³-hybridized carbons (Fsp3) is 0.353. The molecule has 3 heterocycles. The Bertz CT molecular complexity index is 644. The van der Waals surface area contributed by atoms with Crippen molar-refractivity contribution in [3.63, 3.8) is 0 Å². The molecule has 22 heavy (non-hydrogen) atoms. The topological polar surface area (TPSA) is 58.1 Å². The van der Waals surface area contributed by atoms with Crippen molar-refractivity contribution >= 4 is 5.91 Å². The number of aromatic nitrogens is 2. The van der Waals surface area contributed by atoms with Gasteiger partial charge in [0.25, 0.3) is 5.91 Å². The van der Waals surface area contributed by atoms with Crippen LogP contribution in [0.2, 0.25) is 0 Å². The molecule has 2 aromatic heterocycles. The molecule has 0 unspecified atom stereocenters. The van der Waals surface area contributed by atoms with E-state index < -0.39 is 0 Å². The largest absolute Gasteiger partial charge is 0.349 e. The normalized spacial score (nSPS) is 18.3. The highest BCUT2D eigenvalue weighted by Gasteiger charge is 2.21. The first-order chi connectivity index (χ1) is 10.7. The maximum atomic E-state index is 12.3. The van der Waals surface area contributed by atoms with Crippen LogP contribution in [-0.2, 0) is 0 Å². The maximum absolute atomic E-state index is 12.3. The number of amides is 1. The van der Waals surface area contributed by atoms with E-state index in [1.54, 1.807) is 18.5 Å². The Morgan fingerprint density at radius 1 is 1.36 bits per heavy atom. The Morgan fingerprint density at radius 2 is 2.27 bits per heavy atom. The molecule has 0 radical (unpaired) electrons. The summed E-state index contributed by atoms with van der Waals surface area (Å²) in [6, 6.07) is 9.72. The molecule has 1 fully saturated rings. The van der Waals surface area contributed by atoms with E-state index in [1.165, 1.54) is 6.42 Å². The van der Waals surface area contributed by atoms with E-state index in [9.17, 15) is 4.79 Å². The van der Waals surface area contributed by atoms with E-state index in [1.807, 2.05) is 24.3 Å². The number of likely N-dealkylation sites (tertiary alicyclic amines) is 1. The van der Waals surface area contributed by atoms with Crippen LogP contribution in [0.25, 0.3) is 11.3 Å². The predicted octanol–water partition coefficient (Wildman–Crippen LogP) is 1.97. The molecule has 1 aliphatic heterocycles. The minimum atomic E-state index is -0.119. The van der Waals surface area contributed by atoms with Crippen molar-refractivity contribution in [3.8, 4) is 11.3 Å². The Balaban J connectivity index is 1.68. The Labute approximate surface area is 130 Å². The summed E-state index contributed by atoms with van der Waals surface area (Å²) < 4.78 is 0. The van der Waals surface area contributed by atoms with Gasteiger partial charge in [0, 0.05) is 30.5 Å². The standard InChI is InChI=1S/C17H20N4O/c1-21-10-4-6-14(21)12-19-17(22)16-8-2-7-15(20-16)13-5-3-9-18-11-13/h2-3,5,7-9,11,14H,4,6,10,12H2,1H3,(H,19,22)/t14-/m1/s1. The number of nitrogens with zero attached hydrogens (tertiary/aromatic N) is 3. The van der Waals surface area contributed by atoms with Gasteiger partial charge in [-0.05, 0) is 50.7 Å². The molecule has 0 spiro atoms. The van der Waals surface area contributed by atoms with Crippen LogP contribution in [0.5, 0.6) is 0 Å². The van der Waals surface area contributed by atoms with Gasteiger partial charge in [0.2, 0.25) is 0 Å². The van der Waals surface area contributed by atoms with Crippen LogP contribution < -0.4 is 5.32 Å².